The minimum atomic E-state index is -0.318. The molecule has 1 aliphatic rings. The average Bonchev–Trinajstić information content (AvgIpc) is 2.63. The summed E-state index contributed by atoms with van der Waals surface area (Å²) in [5, 5.41) is 3.72. The summed E-state index contributed by atoms with van der Waals surface area (Å²) in [5.41, 5.74) is 2.93. The fraction of sp³-hybridized carbons (Fsp3) is 0.263. The van der Waals surface area contributed by atoms with Gasteiger partial charge in [-0.3, -0.25) is 14.2 Å². The Bertz CT molecular complexity index is 1060. The molecule has 0 saturated carbocycles. The minimum Gasteiger partial charge on any atom is -0.324 e. The van der Waals surface area contributed by atoms with Crippen LogP contribution in [0, 0.1) is 0 Å². The van der Waals surface area contributed by atoms with Gasteiger partial charge in [0.25, 0.3) is 5.56 Å². The molecule has 1 amide bonds. The van der Waals surface area contributed by atoms with Crippen LogP contribution in [0.1, 0.15) is 24.1 Å². The lowest BCUT2D eigenvalue weighted by atomic mass is 9.95. The first-order valence-corrected chi connectivity index (χ1v) is 8.91. The highest BCUT2D eigenvalue weighted by atomic mass is 35.5. The molecule has 4 rings (SSSR count). The molecule has 0 atom stereocenters. The van der Waals surface area contributed by atoms with Gasteiger partial charge >= 0.3 is 0 Å². The van der Waals surface area contributed by atoms with Crippen LogP contribution < -0.4 is 10.9 Å². The predicted molar refractivity (Wildman–Crippen MR) is 101 cm³/mol. The van der Waals surface area contributed by atoms with Gasteiger partial charge in [-0.15, -0.1) is 0 Å². The number of nitrogens with one attached hydrogen (secondary N) is 1. The van der Waals surface area contributed by atoms with Crippen molar-refractivity contribution in [2.45, 2.75) is 32.2 Å². The van der Waals surface area contributed by atoms with Crippen LogP contribution >= 0.6 is 11.6 Å². The number of fused-ring (bicyclic) bond motifs is 2. The Kier molecular flexibility index (Phi) is 4.42. The number of pyridine rings is 1. The number of rotatable bonds is 3. The second kappa shape index (κ2) is 6.88. The number of aryl methyl sites for hydroxylation is 2. The minimum absolute atomic E-state index is 0.120. The molecule has 132 valence electrons. The highest BCUT2D eigenvalue weighted by Crippen LogP contribution is 2.21. The number of carbonyl (C=O) groups is 1. The molecule has 0 radical (unpaired) electrons. The molecule has 3 aromatic rings. The van der Waals surface area contributed by atoms with Gasteiger partial charge in [-0.1, -0.05) is 17.7 Å². The standard InChI is InChI=1S/C19H17ClN4O2/c20-13-5-3-6-14(9-13)22-17(25)10-24-11-21-18-15(19(24)26)8-12-4-1-2-7-16(12)23-18/h3,5-6,8-9,11H,1-2,4,7,10H2,(H,22,25). The fourth-order valence-electron chi connectivity index (χ4n) is 3.24. The van der Waals surface area contributed by atoms with Crippen LogP contribution in [0.3, 0.4) is 0 Å². The van der Waals surface area contributed by atoms with Crippen molar-refractivity contribution in [3.63, 3.8) is 0 Å². The molecule has 26 heavy (non-hydrogen) atoms. The Morgan fingerprint density at radius 1 is 1.23 bits per heavy atom. The van der Waals surface area contributed by atoms with E-state index in [1.165, 1.54) is 10.9 Å². The van der Waals surface area contributed by atoms with Crippen LogP contribution in [0.15, 0.2) is 41.5 Å². The maximum Gasteiger partial charge on any atom is 0.263 e. The van der Waals surface area contributed by atoms with Crippen LogP contribution in [0.2, 0.25) is 5.02 Å². The lowest BCUT2D eigenvalue weighted by Crippen LogP contribution is -2.28. The first kappa shape index (κ1) is 16.7. The lowest BCUT2D eigenvalue weighted by Gasteiger charge is -2.15. The summed E-state index contributed by atoms with van der Waals surface area (Å²) in [6.45, 7) is -0.120. The van der Waals surface area contributed by atoms with E-state index in [-0.39, 0.29) is 18.0 Å². The smallest absolute Gasteiger partial charge is 0.263 e. The van der Waals surface area contributed by atoms with E-state index >= 15 is 0 Å². The molecule has 0 fully saturated rings. The molecule has 0 spiro atoms. The Hall–Kier alpha value is -2.73. The van der Waals surface area contributed by atoms with Crippen LogP contribution in [-0.4, -0.2) is 20.4 Å². The largest absolute Gasteiger partial charge is 0.324 e. The number of hydrogen-bond acceptors (Lipinski definition) is 4. The van der Waals surface area contributed by atoms with Crippen LogP contribution in [0.4, 0.5) is 5.69 Å². The summed E-state index contributed by atoms with van der Waals surface area (Å²) in [6, 6.07) is 8.75. The molecule has 2 heterocycles. The van der Waals surface area contributed by atoms with E-state index < -0.39 is 0 Å². The summed E-state index contributed by atoms with van der Waals surface area (Å²) in [6.07, 6.45) is 5.47. The number of aromatic nitrogens is 3. The number of halogens is 1. The van der Waals surface area contributed by atoms with Gasteiger partial charge in [0.2, 0.25) is 5.91 Å². The van der Waals surface area contributed by atoms with Crippen molar-refractivity contribution in [3.8, 4) is 0 Å². The van der Waals surface area contributed by atoms with E-state index in [4.69, 9.17) is 11.6 Å². The normalized spacial score (nSPS) is 13.4. The molecule has 7 heteroatoms. The average molecular weight is 369 g/mol. The van der Waals surface area contributed by atoms with E-state index in [9.17, 15) is 9.59 Å². The van der Waals surface area contributed by atoms with Crippen molar-refractivity contribution in [3.05, 3.63) is 63.3 Å². The van der Waals surface area contributed by atoms with Crippen molar-refractivity contribution in [1.82, 2.24) is 14.5 Å². The molecule has 0 unspecified atom stereocenters. The van der Waals surface area contributed by atoms with E-state index in [0.717, 1.165) is 36.9 Å². The van der Waals surface area contributed by atoms with Gasteiger partial charge in [0.05, 0.1) is 5.39 Å². The monoisotopic (exact) mass is 368 g/mol. The van der Waals surface area contributed by atoms with Gasteiger partial charge in [-0.2, -0.15) is 0 Å². The maximum absolute atomic E-state index is 12.7. The molecular formula is C19H17ClN4O2. The zero-order valence-corrected chi connectivity index (χ0v) is 14.8. The molecule has 1 N–H and O–H groups in total. The predicted octanol–water partition coefficient (Wildman–Crippen LogP) is 2.96. The molecule has 2 aromatic heterocycles. The third kappa shape index (κ3) is 3.32. The summed E-state index contributed by atoms with van der Waals surface area (Å²) < 4.78 is 1.30. The number of amides is 1. The first-order valence-electron chi connectivity index (χ1n) is 8.53. The molecule has 6 nitrogen and oxygen atoms in total. The topological polar surface area (TPSA) is 76.9 Å². The number of nitrogens with zero attached hydrogens (tertiary/aromatic N) is 3. The van der Waals surface area contributed by atoms with Crippen molar-refractivity contribution in [2.24, 2.45) is 0 Å². The van der Waals surface area contributed by atoms with Gasteiger partial charge in [0, 0.05) is 16.4 Å². The van der Waals surface area contributed by atoms with Crippen molar-refractivity contribution < 1.29 is 4.79 Å². The van der Waals surface area contributed by atoms with Gasteiger partial charge in [0.15, 0.2) is 5.65 Å². The lowest BCUT2D eigenvalue weighted by molar-refractivity contribution is -0.116. The quantitative estimate of drug-likeness (QED) is 0.771. The first-order chi connectivity index (χ1) is 12.6. The third-order valence-electron chi connectivity index (χ3n) is 4.51. The highest BCUT2D eigenvalue weighted by molar-refractivity contribution is 6.30. The van der Waals surface area contributed by atoms with Gasteiger partial charge in [-0.05, 0) is 55.5 Å². The highest BCUT2D eigenvalue weighted by Gasteiger charge is 2.15. The molecule has 1 aliphatic carbocycles. The molecule has 0 bridgehead atoms. The van der Waals surface area contributed by atoms with Gasteiger partial charge in [-0.25, -0.2) is 9.97 Å². The molecule has 0 saturated heterocycles. The SMILES string of the molecule is O=C(Cn1cnc2nc3c(cc2c1=O)CCCC3)Nc1cccc(Cl)c1. The Morgan fingerprint density at radius 2 is 2.08 bits per heavy atom. The second-order valence-corrected chi connectivity index (χ2v) is 6.85. The fourth-order valence-corrected chi connectivity index (χ4v) is 3.43. The Balaban J connectivity index is 1.61. The van der Waals surface area contributed by atoms with Crippen LogP contribution in [0.25, 0.3) is 11.0 Å². The molecule has 1 aromatic carbocycles. The zero-order chi connectivity index (χ0) is 18.1. The molecule has 0 aliphatic heterocycles. The molecular weight excluding hydrogens is 352 g/mol. The van der Waals surface area contributed by atoms with E-state index in [2.05, 4.69) is 15.3 Å². The van der Waals surface area contributed by atoms with Crippen molar-refractivity contribution >= 4 is 34.2 Å². The van der Waals surface area contributed by atoms with Gasteiger partial charge in [0.1, 0.15) is 12.9 Å². The van der Waals surface area contributed by atoms with Gasteiger partial charge < -0.3 is 5.32 Å². The third-order valence-corrected chi connectivity index (χ3v) is 4.75. The van der Waals surface area contributed by atoms with E-state index in [1.807, 2.05) is 6.07 Å². The zero-order valence-electron chi connectivity index (χ0n) is 14.0. The van der Waals surface area contributed by atoms with Crippen LogP contribution in [-0.2, 0) is 24.2 Å². The summed E-state index contributed by atoms with van der Waals surface area (Å²) in [4.78, 5) is 33.8. The summed E-state index contributed by atoms with van der Waals surface area (Å²) in [7, 11) is 0. The van der Waals surface area contributed by atoms with Crippen molar-refractivity contribution in [2.75, 3.05) is 5.32 Å². The number of carbonyl (C=O) groups excluding carboxylic acids is 1. The van der Waals surface area contributed by atoms with Crippen molar-refractivity contribution in [1.29, 1.82) is 0 Å². The Morgan fingerprint density at radius 3 is 2.92 bits per heavy atom. The van der Waals surface area contributed by atoms with Crippen LogP contribution in [0.5, 0.6) is 0 Å². The summed E-state index contributed by atoms with van der Waals surface area (Å²) >= 11 is 5.91. The maximum atomic E-state index is 12.7. The summed E-state index contributed by atoms with van der Waals surface area (Å²) in [5.74, 6) is -0.318. The Labute approximate surface area is 154 Å². The van der Waals surface area contributed by atoms with E-state index in [1.54, 1.807) is 24.3 Å². The number of anilines is 1. The second-order valence-electron chi connectivity index (χ2n) is 6.41. The number of benzene rings is 1. The number of hydrogen-bond donors (Lipinski definition) is 1. The van der Waals surface area contributed by atoms with E-state index in [0.29, 0.717) is 21.7 Å².